The molecule has 0 spiro atoms. The molecule has 0 aliphatic heterocycles. The molecule has 1 aliphatic carbocycles. The zero-order valence-corrected chi connectivity index (χ0v) is 11.9. The second kappa shape index (κ2) is 5.21. The Labute approximate surface area is 119 Å². The van der Waals surface area contributed by atoms with Gasteiger partial charge >= 0.3 is 5.97 Å². The van der Waals surface area contributed by atoms with Crippen molar-refractivity contribution in [2.24, 2.45) is 5.73 Å². The average molecular weight is 327 g/mol. The molecular weight excluding hydrogens is 312 g/mol. The van der Waals surface area contributed by atoms with E-state index in [1.807, 2.05) is 0 Å². The van der Waals surface area contributed by atoms with Gasteiger partial charge in [0.15, 0.2) is 0 Å². The lowest BCUT2D eigenvalue weighted by Crippen LogP contribution is -2.46. The van der Waals surface area contributed by atoms with Crippen molar-refractivity contribution in [2.45, 2.75) is 31.2 Å². The quantitative estimate of drug-likeness (QED) is 0.774. The first-order valence-corrected chi connectivity index (χ1v) is 6.80. The van der Waals surface area contributed by atoms with Crippen molar-refractivity contribution in [1.29, 1.82) is 0 Å². The number of amides is 1. The average Bonchev–Trinajstić information content (AvgIpc) is 2.27. The van der Waals surface area contributed by atoms with Crippen LogP contribution < -0.4 is 11.1 Å². The number of primary amides is 1. The molecule has 1 aliphatic rings. The maximum Gasteiger partial charge on any atom is 0.305 e. The smallest absolute Gasteiger partial charge is 0.305 e. The van der Waals surface area contributed by atoms with Crippen LogP contribution >= 0.6 is 15.9 Å². The summed E-state index contributed by atoms with van der Waals surface area (Å²) < 4.78 is 0.709. The van der Waals surface area contributed by atoms with Crippen molar-refractivity contribution in [3.63, 3.8) is 0 Å². The first-order valence-electron chi connectivity index (χ1n) is 6.01. The molecule has 0 saturated heterocycles. The van der Waals surface area contributed by atoms with Crippen molar-refractivity contribution in [3.05, 3.63) is 28.2 Å². The predicted octanol–water partition coefficient (Wildman–Crippen LogP) is 2.36. The van der Waals surface area contributed by atoms with Crippen LogP contribution in [-0.2, 0) is 4.79 Å². The summed E-state index contributed by atoms with van der Waals surface area (Å²) in [7, 11) is 0. The number of rotatable bonds is 5. The Morgan fingerprint density at radius 3 is 2.53 bits per heavy atom. The highest BCUT2D eigenvalue weighted by molar-refractivity contribution is 9.10. The molecule has 0 atom stereocenters. The second-order valence-corrected chi connectivity index (χ2v) is 5.74. The fourth-order valence-electron chi connectivity index (χ4n) is 2.29. The zero-order valence-electron chi connectivity index (χ0n) is 10.3. The number of hydrogen-bond acceptors (Lipinski definition) is 3. The Morgan fingerprint density at radius 1 is 1.42 bits per heavy atom. The molecule has 1 aromatic carbocycles. The van der Waals surface area contributed by atoms with Crippen molar-refractivity contribution in [2.75, 3.05) is 5.32 Å². The third kappa shape index (κ3) is 3.07. The molecule has 1 fully saturated rings. The molecule has 0 heterocycles. The molecule has 0 bridgehead atoms. The van der Waals surface area contributed by atoms with Gasteiger partial charge in [-0.2, -0.15) is 0 Å². The highest BCUT2D eigenvalue weighted by Crippen LogP contribution is 2.39. The van der Waals surface area contributed by atoms with Crippen molar-refractivity contribution in [3.8, 4) is 0 Å². The van der Waals surface area contributed by atoms with Gasteiger partial charge in [0.1, 0.15) is 0 Å². The number of anilines is 1. The van der Waals surface area contributed by atoms with Crippen molar-refractivity contribution < 1.29 is 14.7 Å². The van der Waals surface area contributed by atoms with E-state index in [0.717, 1.165) is 24.9 Å². The largest absolute Gasteiger partial charge is 0.481 e. The SMILES string of the molecule is NC(=O)c1ccc(NC2(CC(=O)O)CCC2)c(Br)c1. The van der Waals surface area contributed by atoms with Gasteiger partial charge in [-0.05, 0) is 53.4 Å². The molecule has 4 N–H and O–H groups in total. The molecule has 2 rings (SSSR count). The van der Waals surface area contributed by atoms with Gasteiger partial charge in [0.05, 0.1) is 6.42 Å². The number of carboxylic acids is 1. The van der Waals surface area contributed by atoms with E-state index >= 15 is 0 Å². The number of carboxylic acid groups (broad SMARTS) is 1. The maximum absolute atomic E-state index is 11.1. The predicted molar refractivity (Wildman–Crippen MR) is 75.1 cm³/mol. The number of aliphatic carboxylic acids is 1. The molecule has 0 unspecified atom stereocenters. The molecule has 19 heavy (non-hydrogen) atoms. The topological polar surface area (TPSA) is 92.4 Å². The monoisotopic (exact) mass is 326 g/mol. The lowest BCUT2D eigenvalue weighted by Gasteiger charge is -2.42. The van der Waals surface area contributed by atoms with Crippen LogP contribution in [0.4, 0.5) is 5.69 Å². The molecule has 5 nitrogen and oxygen atoms in total. The van der Waals surface area contributed by atoms with E-state index in [1.54, 1.807) is 18.2 Å². The Balaban J connectivity index is 2.18. The van der Waals surface area contributed by atoms with Gasteiger partial charge in [-0.1, -0.05) is 0 Å². The summed E-state index contributed by atoms with van der Waals surface area (Å²) in [5, 5.41) is 12.2. The summed E-state index contributed by atoms with van der Waals surface area (Å²) in [6.07, 6.45) is 2.79. The summed E-state index contributed by atoms with van der Waals surface area (Å²) in [5.74, 6) is -1.30. The number of carbonyl (C=O) groups excluding carboxylic acids is 1. The van der Waals surface area contributed by atoms with E-state index in [1.165, 1.54) is 0 Å². The van der Waals surface area contributed by atoms with Crippen LogP contribution in [0.2, 0.25) is 0 Å². The molecule has 1 aromatic rings. The van der Waals surface area contributed by atoms with Crippen LogP contribution in [0.1, 0.15) is 36.0 Å². The number of carbonyl (C=O) groups is 2. The molecule has 1 amide bonds. The lowest BCUT2D eigenvalue weighted by molar-refractivity contribution is -0.138. The first kappa shape index (κ1) is 13.9. The Kier molecular flexibility index (Phi) is 3.80. The molecule has 1 saturated carbocycles. The van der Waals surface area contributed by atoms with Crippen LogP contribution in [0, 0.1) is 0 Å². The van der Waals surface area contributed by atoms with Crippen LogP contribution in [0.25, 0.3) is 0 Å². The number of benzene rings is 1. The number of nitrogens with one attached hydrogen (secondary N) is 1. The van der Waals surface area contributed by atoms with Crippen LogP contribution in [0.15, 0.2) is 22.7 Å². The minimum atomic E-state index is -0.808. The van der Waals surface area contributed by atoms with Crippen molar-refractivity contribution >= 4 is 33.5 Å². The molecule has 0 aromatic heterocycles. The van der Waals surface area contributed by atoms with E-state index < -0.39 is 11.9 Å². The summed E-state index contributed by atoms with van der Waals surface area (Å²) >= 11 is 3.37. The van der Waals surface area contributed by atoms with Gasteiger partial charge in [0.25, 0.3) is 0 Å². The summed E-state index contributed by atoms with van der Waals surface area (Å²) in [5.41, 5.74) is 6.03. The van der Waals surface area contributed by atoms with Crippen LogP contribution in [-0.4, -0.2) is 22.5 Å². The number of halogens is 1. The first-order chi connectivity index (χ1) is 8.92. The third-order valence-corrected chi connectivity index (χ3v) is 4.11. The van der Waals surface area contributed by atoms with E-state index in [4.69, 9.17) is 10.8 Å². The number of nitrogens with two attached hydrogens (primary N) is 1. The van der Waals surface area contributed by atoms with E-state index in [0.29, 0.717) is 10.0 Å². The Hall–Kier alpha value is -1.56. The molecular formula is C13H15BrN2O3. The molecule has 102 valence electrons. The number of hydrogen-bond donors (Lipinski definition) is 3. The minimum Gasteiger partial charge on any atom is -0.481 e. The lowest BCUT2D eigenvalue weighted by atomic mass is 9.74. The van der Waals surface area contributed by atoms with E-state index in [9.17, 15) is 9.59 Å². The van der Waals surface area contributed by atoms with Crippen LogP contribution in [0.3, 0.4) is 0 Å². The van der Waals surface area contributed by atoms with E-state index in [2.05, 4.69) is 21.2 Å². The van der Waals surface area contributed by atoms with Crippen molar-refractivity contribution in [1.82, 2.24) is 0 Å². The fourth-order valence-corrected chi connectivity index (χ4v) is 2.77. The normalized spacial score (nSPS) is 16.5. The van der Waals surface area contributed by atoms with Gasteiger partial charge in [-0.15, -0.1) is 0 Å². The van der Waals surface area contributed by atoms with E-state index in [-0.39, 0.29) is 12.0 Å². The summed E-state index contributed by atoms with van der Waals surface area (Å²) in [6, 6.07) is 5.01. The van der Waals surface area contributed by atoms with Gasteiger partial charge in [-0.3, -0.25) is 9.59 Å². The van der Waals surface area contributed by atoms with Gasteiger partial charge < -0.3 is 16.2 Å². The second-order valence-electron chi connectivity index (χ2n) is 4.89. The zero-order chi connectivity index (χ0) is 14.0. The summed E-state index contributed by atoms with van der Waals surface area (Å²) in [6.45, 7) is 0. The van der Waals surface area contributed by atoms with Crippen LogP contribution in [0.5, 0.6) is 0 Å². The summed E-state index contributed by atoms with van der Waals surface area (Å²) in [4.78, 5) is 22.0. The highest BCUT2D eigenvalue weighted by atomic mass is 79.9. The minimum absolute atomic E-state index is 0.0943. The standard InChI is InChI=1S/C13H15BrN2O3/c14-9-6-8(12(15)19)2-3-10(9)16-13(4-1-5-13)7-11(17)18/h2-3,6,16H,1,4-5,7H2,(H2,15,19)(H,17,18). The Morgan fingerprint density at radius 2 is 2.11 bits per heavy atom. The van der Waals surface area contributed by atoms with Gasteiger partial charge in [0.2, 0.25) is 5.91 Å². The molecule has 0 radical (unpaired) electrons. The maximum atomic E-state index is 11.1. The van der Waals surface area contributed by atoms with Gasteiger partial charge in [0, 0.05) is 21.3 Å². The fraction of sp³-hybridized carbons (Fsp3) is 0.385. The van der Waals surface area contributed by atoms with Gasteiger partial charge in [-0.25, -0.2) is 0 Å². The highest BCUT2D eigenvalue weighted by Gasteiger charge is 2.39. The Bertz CT molecular complexity index is 527. The third-order valence-electron chi connectivity index (χ3n) is 3.45. The molecule has 6 heteroatoms.